The van der Waals surface area contributed by atoms with Crippen LogP contribution in [-0.4, -0.2) is 30.7 Å². The average molecular weight is 412 g/mol. The Morgan fingerprint density at radius 1 is 1.14 bits per heavy atom. The smallest absolute Gasteiger partial charge is 0.258 e. The zero-order valence-corrected chi connectivity index (χ0v) is 16.5. The molecule has 0 spiro atoms. The first-order valence-electron chi connectivity index (χ1n) is 8.81. The molecule has 8 nitrogen and oxygen atoms in total. The maximum absolute atomic E-state index is 12.2. The molecule has 0 bridgehead atoms. The summed E-state index contributed by atoms with van der Waals surface area (Å²) >= 11 is 0. The standard InChI is InChI=1S/C20H20N4O4S/c1-2-28-18-9-11-19(12-10-18)29(26,27)23-22-20(25)13-8-16-14-21-24(15-16)17-6-4-3-5-7-17/h3-15,23H,2H2,1H3,(H,22,25)/b13-8+. The van der Waals surface area contributed by atoms with E-state index in [4.69, 9.17) is 4.74 Å². The Morgan fingerprint density at radius 3 is 2.55 bits per heavy atom. The number of hydrogen-bond donors (Lipinski definition) is 2. The van der Waals surface area contributed by atoms with Crippen molar-refractivity contribution in [3.63, 3.8) is 0 Å². The first kappa shape index (κ1) is 20.3. The molecule has 0 aliphatic carbocycles. The van der Waals surface area contributed by atoms with Gasteiger partial charge in [-0.25, -0.2) is 13.1 Å². The highest BCUT2D eigenvalue weighted by atomic mass is 32.2. The summed E-state index contributed by atoms with van der Waals surface area (Å²) in [5, 5.41) is 4.22. The second-order valence-corrected chi connectivity index (χ2v) is 7.57. The van der Waals surface area contributed by atoms with E-state index in [0.717, 1.165) is 5.69 Å². The largest absolute Gasteiger partial charge is 0.494 e. The molecule has 0 saturated carbocycles. The number of aromatic nitrogens is 2. The van der Waals surface area contributed by atoms with Gasteiger partial charge in [-0.3, -0.25) is 10.2 Å². The van der Waals surface area contributed by atoms with Crippen molar-refractivity contribution >= 4 is 22.0 Å². The topological polar surface area (TPSA) is 102 Å². The molecule has 0 aliphatic heterocycles. The molecule has 3 rings (SSSR count). The van der Waals surface area contributed by atoms with Crippen LogP contribution < -0.4 is 15.0 Å². The number of hydrazine groups is 1. The van der Waals surface area contributed by atoms with Crippen molar-refractivity contribution in [2.75, 3.05) is 6.61 Å². The van der Waals surface area contributed by atoms with Gasteiger partial charge in [-0.2, -0.15) is 5.10 Å². The number of sulfonamides is 1. The van der Waals surface area contributed by atoms with Crippen molar-refractivity contribution in [1.82, 2.24) is 20.0 Å². The van der Waals surface area contributed by atoms with E-state index < -0.39 is 15.9 Å². The number of para-hydroxylation sites is 1. The number of carbonyl (C=O) groups excluding carboxylic acids is 1. The van der Waals surface area contributed by atoms with E-state index in [1.54, 1.807) is 29.2 Å². The van der Waals surface area contributed by atoms with Gasteiger partial charge in [0.1, 0.15) is 5.75 Å². The highest BCUT2D eigenvalue weighted by Gasteiger charge is 2.14. The number of benzene rings is 2. The van der Waals surface area contributed by atoms with E-state index >= 15 is 0 Å². The van der Waals surface area contributed by atoms with Crippen molar-refractivity contribution in [2.24, 2.45) is 0 Å². The molecule has 29 heavy (non-hydrogen) atoms. The molecule has 0 saturated heterocycles. The Kier molecular flexibility index (Phi) is 6.43. The summed E-state index contributed by atoms with van der Waals surface area (Å²) in [4.78, 5) is 14.0. The van der Waals surface area contributed by atoms with E-state index in [9.17, 15) is 13.2 Å². The molecule has 2 aromatic carbocycles. The van der Waals surface area contributed by atoms with Gasteiger partial charge < -0.3 is 4.74 Å². The zero-order valence-electron chi connectivity index (χ0n) is 15.6. The van der Waals surface area contributed by atoms with E-state index in [2.05, 4.69) is 15.4 Å². The quantitative estimate of drug-likeness (QED) is 0.437. The summed E-state index contributed by atoms with van der Waals surface area (Å²) in [6, 6.07) is 15.4. The van der Waals surface area contributed by atoms with Gasteiger partial charge in [0.2, 0.25) is 0 Å². The number of ether oxygens (including phenoxy) is 1. The average Bonchev–Trinajstić information content (AvgIpc) is 3.21. The number of nitrogens with one attached hydrogen (secondary N) is 2. The molecule has 0 aliphatic rings. The fourth-order valence-electron chi connectivity index (χ4n) is 2.42. The van der Waals surface area contributed by atoms with Crippen molar-refractivity contribution in [3.8, 4) is 11.4 Å². The van der Waals surface area contributed by atoms with Gasteiger partial charge in [0.15, 0.2) is 0 Å². The third-order valence-corrected chi connectivity index (χ3v) is 5.07. The van der Waals surface area contributed by atoms with Gasteiger partial charge in [-0.05, 0) is 49.4 Å². The van der Waals surface area contributed by atoms with Gasteiger partial charge in [0.25, 0.3) is 15.9 Å². The second-order valence-electron chi connectivity index (χ2n) is 5.89. The number of amides is 1. The van der Waals surface area contributed by atoms with Crippen molar-refractivity contribution in [1.29, 1.82) is 0 Å². The minimum atomic E-state index is -3.89. The summed E-state index contributed by atoms with van der Waals surface area (Å²) in [6.45, 7) is 2.32. The lowest BCUT2D eigenvalue weighted by Crippen LogP contribution is -2.40. The lowest BCUT2D eigenvalue weighted by molar-refractivity contribution is -0.116. The molecule has 3 aromatic rings. The van der Waals surface area contributed by atoms with Crippen LogP contribution in [0.2, 0.25) is 0 Å². The SMILES string of the molecule is CCOc1ccc(S(=O)(=O)NNC(=O)/C=C/c2cnn(-c3ccccc3)c2)cc1. The fraction of sp³-hybridized carbons (Fsp3) is 0.100. The molecule has 0 unspecified atom stereocenters. The van der Waals surface area contributed by atoms with Gasteiger partial charge in [0.05, 0.1) is 23.4 Å². The third kappa shape index (κ3) is 5.53. The number of rotatable bonds is 8. The van der Waals surface area contributed by atoms with E-state index in [1.807, 2.05) is 37.3 Å². The summed E-state index contributed by atoms with van der Waals surface area (Å²) < 4.78 is 31.4. The van der Waals surface area contributed by atoms with Crippen LogP contribution in [0.25, 0.3) is 11.8 Å². The van der Waals surface area contributed by atoms with Crippen LogP contribution in [0.3, 0.4) is 0 Å². The van der Waals surface area contributed by atoms with Crippen LogP contribution >= 0.6 is 0 Å². The monoisotopic (exact) mass is 412 g/mol. The lowest BCUT2D eigenvalue weighted by atomic mass is 10.3. The van der Waals surface area contributed by atoms with Gasteiger partial charge in [0, 0.05) is 17.8 Å². The van der Waals surface area contributed by atoms with Gasteiger partial charge in [-0.15, -0.1) is 4.83 Å². The van der Waals surface area contributed by atoms with Crippen LogP contribution in [-0.2, 0) is 14.8 Å². The Hall–Kier alpha value is -3.43. The Balaban J connectivity index is 1.57. The minimum Gasteiger partial charge on any atom is -0.494 e. The van der Waals surface area contributed by atoms with Gasteiger partial charge in [-0.1, -0.05) is 18.2 Å². The van der Waals surface area contributed by atoms with E-state index in [-0.39, 0.29) is 4.90 Å². The summed E-state index contributed by atoms with van der Waals surface area (Å²) in [5.74, 6) is -0.0542. The van der Waals surface area contributed by atoms with Crippen LogP contribution in [0.5, 0.6) is 5.75 Å². The predicted octanol–water partition coefficient (Wildman–Crippen LogP) is 2.29. The molecule has 0 radical (unpaired) electrons. The minimum absolute atomic E-state index is 0.00868. The van der Waals surface area contributed by atoms with Crippen LogP contribution in [0.1, 0.15) is 12.5 Å². The molecule has 0 atom stereocenters. The maximum atomic E-state index is 12.2. The highest BCUT2D eigenvalue weighted by Crippen LogP contribution is 2.15. The summed E-state index contributed by atoms with van der Waals surface area (Å²) in [5.41, 5.74) is 3.73. The molecular formula is C20H20N4O4S. The van der Waals surface area contributed by atoms with E-state index in [0.29, 0.717) is 17.9 Å². The lowest BCUT2D eigenvalue weighted by Gasteiger charge is -2.08. The molecule has 1 aromatic heterocycles. The maximum Gasteiger partial charge on any atom is 0.258 e. The van der Waals surface area contributed by atoms with Crippen LogP contribution in [0.15, 0.2) is 78.0 Å². The summed E-state index contributed by atoms with van der Waals surface area (Å²) in [6.07, 6.45) is 6.10. The summed E-state index contributed by atoms with van der Waals surface area (Å²) in [7, 11) is -3.89. The normalized spacial score (nSPS) is 11.5. The Bertz CT molecular complexity index is 1090. The first-order valence-corrected chi connectivity index (χ1v) is 10.3. The zero-order chi connectivity index (χ0) is 20.7. The number of nitrogens with zero attached hydrogens (tertiary/aromatic N) is 2. The Labute approximate surface area is 168 Å². The van der Waals surface area contributed by atoms with Crippen molar-refractivity contribution in [2.45, 2.75) is 11.8 Å². The Morgan fingerprint density at radius 2 is 1.86 bits per heavy atom. The van der Waals surface area contributed by atoms with Gasteiger partial charge >= 0.3 is 0 Å². The first-order chi connectivity index (χ1) is 14.0. The molecule has 1 heterocycles. The third-order valence-electron chi connectivity index (χ3n) is 3.80. The number of carbonyl (C=O) groups is 1. The second kappa shape index (κ2) is 9.18. The molecule has 1 amide bonds. The molecule has 150 valence electrons. The van der Waals surface area contributed by atoms with Crippen molar-refractivity contribution < 1.29 is 17.9 Å². The predicted molar refractivity (Wildman–Crippen MR) is 109 cm³/mol. The molecule has 0 fully saturated rings. The number of hydrogen-bond acceptors (Lipinski definition) is 5. The van der Waals surface area contributed by atoms with E-state index in [1.165, 1.54) is 24.3 Å². The highest BCUT2D eigenvalue weighted by molar-refractivity contribution is 7.89. The molecule has 9 heteroatoms. The van der Waals surface area contributed by atoms with Crippen LogP contribution in [0.4, 0.5) is 0 Å². The fourth-order valence-corrected chi connectivity index (χ4v) is 3.26. The van der Waals surface area contributed by atoms with Crippen LogP contribution in [0, 0.1) is 0 Å². The molecular weight excluding hydrogens is 392 g/mol. The molecule has 2 N–H and O–H groups in total. The van der Waals surface area contributed by atoms with Crippen molar-refractivity contribution in [3.05, 3.63) is 78.6 Å².